The lowest BCUT2D eigenvalue weighted by Crippen LogP contribution is -2.40. The van der Waals surface area contributed by atoms with Crippen LogP contribution in [0.1, 0.15) is 24.0 Å². The molecule has 2 aromatic rings. The minimum Gasteiger partial charge on any atom is -0.318 e. The van der Waals surface area contributed by atoms with E-state index in [1.54, 1.807) is 18.2 Å². The molecule has 3 rings (SSSR count). The molecule has 0 radical (unpaired) electrons. The Hall–Kier alpha value is -1.58. The number of fused-ring (bicyclic) bond motifs is 1. The zero-order chi connectivity index (χ0) is 15.5. The van der Waals surface area contributed by atoms with Crippen LogP contribution in [0.4, 0.5) is 5.69 Å². The van der Waals surface area contributed by atoms with Gasteiger partial charge in [0.05, 0.1) is 15.7 Å². The van der Waals surface area contributed by atoms with Gasteiger partial charge in [0.1, 0.15) is 0 Å². The quantitative estimate of drug-likeness (QED) is 0.850. The summed E-state index contributed by atoms with van der Waals surface area (Å²) in [5.74, 6) is -0.143. The third-order valence-corrected chi connectivity index (χ3v) is 4.53. The zero-order valence-corrected chi connectivity index (χ0v) is 13.6. The molecular formula is C17H17Cl2N2O+. The lowest BCUT2D eigenvalue weighted by Gasteiger charge is -2.13. The van der Waals surface area contributed by atoms with E-state index in [9.17, 15) is 4.79 Å². The third-order valence-electron chi connectivity index (χ3n) is 3.90. The zero-order valence-electron chi connectivity index (χ0n) is 12.1. The molecule has 0 unspecified atom stereocenters. The molecule has 22 heavy (non-hydrogen) atoms. The Morgan fingerprint density at radius 1 is 1.09 bits per heavy atom. The Bertz CT molecular complexity index is 696. The van der Waals surface area contributed by atoms with E-state index in [-0.39, 0.29) is 12.5 Å². The van der Waals surface area contributed by atoms with Crippen molar-refractivity contribution in [3.63, 3.8) is 0 Å². The summed E-state index contributed by atoms with van der Waals surface area (Å²) in [6.07, 6.45) is 8.73. The molecule has 1 heterocycles. The number of benzene rings is 1. The molecule has 114 valence electrons. The Morgan fingerprint density at radius 3 is 2.50 bits per heavy atom. The molecule has 1 amide bonds. The standard InChI is InChI=1S/C17H16Cl2N2O/c18-14-6-3-7-15(19)17(14)20-16(22)11-21-9-8-12-4-1-2-5-13(12)10-21/h3,6-10H,1-2,4-5,11H2/p+1. The number of carbonyl (C=O) groups is 1. The Balaban J connectivity index is 1.72. The predicted molar refractivity (Wildman–Crippen MR) is 88.4 cm³/mol. The average molecular weight is 336 g/mol. The summed E-state index contributed by atoms with van der Waals surface area (Å²) in [4.78, 5) is 12.2. The van der Waals surface area contributed by atoms with Crippen LogP contribution in [0.2, 0.25) is 10.0 Å². The topological polar surface area (TPSA) is 33.0 Å². The van der Waals surface area contributed by atoms with E-state index in [2.05, 4.69) is 17.6 Å². The van der Waals surface area contributed by atoms with Gasteiger partial charge in [-0.05, 0) is 43.4 Å². The highest BCUT2D eigenvalue weighted by molar-refractivity contribution is 6.39. The Kier molecular flexibility index (Phi) is 4.65. The van der Waals surface area contributed by atoms with Crippen LogP contribution in [-0.4, -0.2) is 5.91 Å². The summed E-state index contributed by atoms with van der Waals surface area (Å²) >= 11 is 12.1. The normalized spacial score (nSPS) is 13.5. The average Bonchev–Trinajstić information content (AvgIpc) is 2.51. The van der Waals surface area contributed by atoms with Crippen molar-refractivity contribution in [1.82, 2.24) is 0 Å². The van der Waals surface area contributed by atoms with Gasteiger partial charge >= 0.3 is 0 Å². The molecular weight excluding hydrogens is 319 g/mol. The number of nitrogens with one attached hydrogen (secondary N) is 1. The first-order chi connectivity index (χ1) is 10.6. The number of rotatable bonds is 3. The summed E-state index contributed by atoms with van der Waals surface area (Å²) in [7, 11) is 0. The molecule has 0 atom stereocenters. The van der Waals surface area contributed by atoms with Crippen molar-refractivity contribution in [3.05, 3.63) is 57.8 Å². The number of aryl methyl sites for hydroxylation is 2. The smallest absolute Gasteiger partial charge is 0.290 e. The van der Waals surface area contributed by atoms with Crippen LogP contribution in [-0.2, 0) is 24.2 Å². The van der Waals surface area contributed by atoms with Crippen molar-refractivity contribution in [2.45, 2.75) is 32.2 Å². The van der Waals surface area contributed by atoms with Crippen molar-refractivity contribution >= 4 is 34.8 Å². The van der Waals surface area contributed by atoms with E-state index >= 15 is 0 Å². The van der Waals surface area contributed by atoms with E-state index in [4.69, 9.17) is 23.2 Å². The summed E-state index contributed by atoms with van der Waals surface area (Å²) in [5.41, 5.74) is 3.21. The number of nitrogens with zero attached hydrogens (tertiary/aromatic N) is 1. The van der Waals surface area contributed by atoms with Gasteiger partial charge in [-0.2, -0.15) is 4.57 Å². The number of aromatic nitrogens is 1. The predicted octanol–water partition coefficient (Wildman–Crippen LogP) is 3.80. The maximum Gasteiger partial charge on any atom is 0.290 e. The minimum atomic E-state index is -0.143. The molecule has 1 aromatic carbocycles. The Morgan fingerprint density at radius 2 is 1.77 bits per heavy atom. The van der Waals surface area contributed by atoms with E-state index in [0.717, 1.165) is 12.8 Å². The van der Waals surface area contributed by atoms with Crippen LogP contribution < -0.4 is 9.88 Å². The lowest BCUT2D eigenvalue weighted by molar-refractivity contribution is -0.684. The van der Waals surface area contributed by atoms with E-state index in [1.165, 1.54) is 24.0 Å². The second-order valence-corrected chi connectivity index (χ2v) is 6.33. The summed E-state index contributed by atoms with van der Waals surface area (Å²) in [6, 6.07) is 7.27. The van der Waals surface area contributed by atoms with Crippen molar-refractivity contribution in [2.24, 2.45) is 0 Å². The second-order valence-electron chi connectivity index (χ2n) is 5.52. The molecule has 5 heteroatoms. The van der Waals surface area contributed by atoms with Gasteiger partial charge in [-0.15, -0.1) is 0 Å². The Labute approximate surface area is 139 Å². The second kappa shape index (κ2) is 6.67. The van der Waals surface area contributed by atoms with Gasteiger partial charge in [0.15, 0.2) is 12.4 Å². The molecule has 1 aromatic heterocycles. The van der Waals surface area contributed by atoms with Crippen molar-refractivity contribution in [2.75, 3.05) is 5.32 Å². The van der Waals surface area contributed by atoms with Gasteiger partial charge in [0.2, 0.25) is 6.54 Å². The van der Waals surface area contributed by atoms with E-state index in [0.29, 0.717) is 15.7 Å². The molecule has 0 fully saturated rings. The maximum atomic E-state index is 12.2. The molecule has 0 saturated carbocycles. The van der Waals surface area contributed by atoms with Gasteiger partial charge in [-0.1, -0.05) is 29.3 Å². The SMILES string of the molecule is O=C(C[n+]1ccc2c(c1)CCCC2)Nc1c(Cl)cccc1Cl. The van der Waals surface area contributed by atoms with Crippen LogP contribution in [0, 0.1) is 0 Å². The largest absolute Gasteiger partial charge is 0.318 e. The molecule has 0 spiro atoms. The molecule has 1 aliphatic carbocycles. The number of anilines is 1. The highest BCUT2D eigenvalue weighted by atomic mass is 35.5. The fraction of sp³-hybridized carbons (Fsp3) is 0.294. The van der Waals surface area contributed by atoms with Gasteiger partial charge in [-0.3, -0.25) is 4.79 Å². The van der Waals surface area contributed by atoms with Crippen LogP contribution in [0.25, 0.3) is 0 Å². The summed E-state index contributed by atoms with van der Waals surface area (Å²) < 4.78 is 1.91. The molecule has 0 bridgehead atoms. The van der Waals surface area contributed by atoms with Gasteiger partial charge in [0, 0.05) is 11.6 Å². The lowest BCUT2D eigenvalue weighted by atomic mass is 9.93. The highest BCUT2D eigenvalue weighted by Crippen LogP contribution is 2.29. The van der Waals surface area contributed by atoms with E-state index < -0.39 is 0 Å². The number of pyridine rings is 1. The van der Waals surface area contributed by atoms with Crippen LogP contribution in [0.3, 0.4) is 0 Å². The molecule has 0 aliphatic heterocycles. The number of hydrogen-bond donors (Lipinski definition) is 1. The number of para-hydroxylation sites is 1. The summed E-state index contributed by atoms with van der Waals surface area (Å²) in [6.45, 7) is 0.245. The van der Waals surface area contributed by atoms with E-state index in [1.807, 2.05) is 10.8 Å². The van der Waals surface area contributed by atoms with Crippen LogP contribution >= 0.6 is 23.2 Å². The van der Waals surface area contributed by atoms with Gasteiger partial charge < -0.3 is 5.32 Å². The monoisotopic (exact) mass is 335 g/mol. The number of amides is 1. The minimum absolute atomic E-state index is 0.143. The number of halogens is 2. The van der Waals surface area contributed by atoms with Crippen molar-refractivity contribution < 1.29 is 9.36 Å². The summed E-state index contributed by atoms with van der Waals surface area (Å²) in [5, 5.41) is 3.67. The molecule has 3 nitrogen and oxygen atoms in total. The number of carbonyl (C=O) groups excluding carboxylic acids is 1. The molecule has 0 saturated heterocycles. The van der Waals surface area contributed by atoms with Gasteiger partial charge in [-0.25, -0.2) is 0 Å². The first kappa shape index (κ1) is 15.3. The molecule has 1 N–H and O–H groups in total. The fourth-order valence-electron chi connectivity index (χ4n) is 2.78. The highest BCUT2D eigenvalue weighted by Gasteiger charge is 2.17. The van der Waals surface area contributed by atoms with Crippen molar-refractivity contribution in [1.29, 1.82) is 0 Å². The van der Waals surface area contributed by atoms with Crippen LogP contribution in [0.5, 0.6) is 0 Å². The maximum absolute atomic E-state index is 12.2. The van der Waals surface area contributed by atoms with Crippen molar-refractivity contribution in [3.8, 4) is 0 Å². The first-order valence-corrected chi connectivity index (χ1v) is 8.14. The van der Waals surface area contributed by atoms with Gasteiger partial charge in [0.25, 0.3) is 5.91 Å². The third kappa shape index (κ3) is 3.42. The fourth-order valence-corrected chi connectivity index (χ4v) is 3.27. The first-order valence-electron chi connectivity index (χ1n) is 7.38. The number of hydrogen-bond acceptors (Lipinski definition) is 1. The van der Waals surface area contributed by atoms with Crippen LogP contribution in [0.15, 0.2) is 36.7 Å². The molecule has 1 aliphatic rings.